The van der Waals surface area contributed by atoms with Gasteiger partial charge in [0.05, 0.1) is 7.11 Å². The topological polar surface area (TPSA) is 32.8 Å². The predicted octanol–water partition coefficient (Wildman–Crippen LogP) is 3.64. The fourth-order valence-corrected chi connectivity index (χ4v) is 3.32. The van der Waals surface area contributed by atoms with Crippen molar-refractivity contribution in [1.82, 2.24) is 4.90 Å². The van der Waals surface area contributed by atoms with Crippen molar-refractivity contribution in [2.45, 2.75) is 19.3 Å². The number of carbonyl (C=O) groups excluding carboxylic acids is 1. The molecule has 1 saturated heterocycles. The van der Waals surface area contributed by atoms with E-state index in [1.54, 1.807) is 7.11 Å². The molecule has 0 spiro atoms. The number of hydrogen-bond acceptors (Lipinski definition) is 3. The standard InChI is InChI=1S/C21H24F2N2O2/c1-27-18-7-5-17(6-8-18)24-11-2-12-25(14-13-24)21(26)10-4-16-3-9-19(22)20(23)15-16/h3,5-9,15H,2,4,10-14H2,1H3. The molecule has 0 saturated carbocycles. The minimum atomic E-state index is -0.871. The molecular weight excluding hydrogens is 350 g/mol. The van der Waals surface area contributed by atoms with Crippen LogP contribution < -0.4 is 9.64 Å². The highest BCUT2D eigenvalue weighted by molar-refractivity contribution is 5.76. The molecule has 0 radical (unpaired) electrons. The number of benzene rings is 2. The van der Waals surface area contributed by atoms with Crippen molar-refractivity contribution < 1.29 is 18.3 Å². The Morgan fingerprint density at radius 1 is 1.00 bits per heavy atom. The van der Waals surface area contributed by atoms with Crippen molar-refractivity contribution in [2.75, 3.05) is 38.2 Å². The molecule has 2 aromatic carbocycles. The van der Waals surface area contributed by atoms with Gasteiger partial charge < -0.3 is 14.5 Å². The summed E-state index contributed by atoms with van der Waals surface area (Å²) in [4.78, 5) is 16.7. The van der Waals surface area contributed by atoms with Gasteiger partial charge in [0.15, 0.2) is 11.6 Å². The number of nitrogens with zero attached hydrogens (tertiary/aromatic N) is 2. The first-order valence-corrected chi connectivity index (χ1v) is 9.17. The molecule has 4 nitrogen and oxygen atoms in total. The van der Waals surface area contributed by atoms with Crippen LogP contribution in [0, 0.1) is 11.6 Å². The molecule has 1 amide bonds. The SMILES string of the molecule is COc1ccc(N2CCCN(C(=O)CCc3ccc(F)c(F)c3)CC2)cc1. The summed E-state index contributed by atoms with van der Waals surface area (Å²) in [6, 6.07) is 11.7. The molecular formula is C21H24F2N2O2. The Balaban J connectivity index is 1.53. The zero-order valence-electron chi connectivity index (χ0n) is 15.5. The Labute approximate surface area is 158 Å². The number of amides is 1. The summed E-state index contributed by atoms with van der Waals surface area (Å²) in [7, 11) is 1.64. The van der Waals surface area contributed by atoms with Crippen LogP contribution >= 0.6 is 0 Å². The zero-order valence-corrected chi connectivity index (χ0v) is 15.5. The number of ether oxygens (including phenoxy) is 1. The van der Waals surface area contributed by atoms with Crippen molar-refractivity contribution in [2.24, 2.45) is 0 Å². The fourth-order valence-electron chi connectivity index (χ4n) is 3.32. The van der Waals surface area contributed by atoms with Crippen molar-refractivity contribution in [3.8, 4) is 5.75 Å². The summed E-state index contributed by atoms with van der Waals surface area (Å²) in [5.74, 6) is -0.861. The number of aryl methyl sites for hydroxylation is 1. The summed E-state index contributed by atoms with van der Waals surface area (Å²) in [5.41, 5.74) is 1.75. The second kappa shape index (κ2) is 8.84. The van der Waals surface area contributed by atoms with Gasteiger partial charge >= 0.3 is 0 Å². The molecule has 27 heavy (non-hydrogen) atoms. The van der Waals surface area contributed by atoms with Gasteiger partial charge in [0.2, 0.25) is 5.91 Å². The maximum Gasteiger partial charge on any atom is 0.222 e. The molecule has 1 aliphatic rings. The highest BCUT2D eigenvalue weighted by Gasteiger charge is 2.19. The molecule has 0 bridgehead atoms. The average Bonchev–Trinajstić information content (AvgIpc) is 2.95. The van der Waals surface area contributed by atoms with Gasteiger partial charge in [0.25, 0.3) is 0 Å². The molecule has 0 aromatic heterocycles. The third kappa shape index (κ3) is 4.96. The Bertz CT molecular complexity index is 780. The molecule has 0 atom stereocenters. The monoisotopic (exact) mass is 374 g/mol. The smallest absolute Gasteiger partial charge is 0.222 e. The normalized spacial score (nSPS) is 14.8. The van der Waals surface area contributed by atoms with Crippen molar-refractivity contribution >= 4 is 11.6 Å². The van der Waals surface area contributed by atoms with Crippen molar-refractivity contribution in [3.05, 3.63) is 59.7 Å². The van der Waals surface area contributed by atoms with Crippen molar-refractivity contribution in [3.63, 3.8) is 0 Å². The largest absolute Gasteiger partial charge is 0.497 e. The predicted molar refractivity (Wildman–Crippen MR) is 101 cm³/mol. The minimum Gasteiger partial charge on any atom is -0.497 e. The van der Waals surface area contributed by atoms with Gasteiger partial charge in [0.1, 0.15) is 5.75 Å². The van der Waals surface area contributed by atoms with E-state index >= 15 is 0 Å². The summed E-state index contributed by atoms with van der Waals surface area (Å²) in [6.45, 7) is 3.02. The number of carbonyl (C=O) groups is 1. The van der Waals surface area contributed by atoms with Gasteiger partial charge in [-0.05, 0) is 54.8 Å². The van der Waals surface area contributed by atoms with Crippen LogP contribution in [0.1, 0.15) is 18.4 Å². The van der Waals surface area contributed by atoms with Crippen LogP contribution in [-0.4, -0.2) is 44.1 Å². The average molecular weight is 374 g/mol. The van der Waals surface area contributed by atoms with Crippen LogP contribution in [0.15, 0.2) is 42.5 Å². The lowest BCUT2D eigenvalue weighted by Gasteiger charge is -2.24. The van der Waals surface area contributed by atoms with Gasteiger partial charge in [-0.3, -0.25) is 4.79 Å². The Hall–Kier alpha value is -2.63. The molecule has 0 aliphatic carbocycles. The Morgan fingerprint density at radius 2 is 1.78 bits per heavy atom. The third-order valence-electron chi connectivity index (χ3n) is 4.90. The third-order valence-corrected chi connectivity index (χ3v) is 4.90. The van der Waals surface area contributed by atoms with Crippen LogP contribution in [0.2, 0.25) is 0 Å². The number of methoxy groups -OCH3 is 1. The van der Waals surface area contributed by atoms with E-state index in [0.29, 0.717) is 31.5 Å². The minimum absolute atomic E-state index is 0.0521. The van der Waals surface area contributed by atoms with Gasteiger partial charge in [-0.25, -0.2) is 8.78 Å². The number of anilines is 1. The van der Waals surface area contributed by atoms with Gasteiger partial charge in [0, 0.05) is 38.3 Å². The van der Waals surface area contributed by atoms with E-state index in [1.165, 1.54) is 6.07 Å². The van der Waals surface area contributed by atoms with Crippen LogP contribution in [0.4, 0.5) is 14.5 Å². The lowest BCUT2D eigenvalue weighted by molar-refractivity contribution is -0.130. The van der Waals surface area contributed by atoms with Gasteiger partial charge in [-0.15, -0.1) is 0 Å². The maximum absolute atomic E-state index is 13.3. The molecule has 1 fully saturated rings. The van der Waals surface area contributed by atoms with Crippen LogP contribution in [0.25, 0.3) is 0 Å². The lowest BCUT2D eigenvalue weighted by Crippen LogP contribution is -2.35. The van der Waals surface area contributed by atoms with E-state index in [9.17, 15) is 13.6 Å². The van der Waals surface area contributed by atoms with E-state index < -0.39 is 11.6 Å². The molecule has 2 aromatic rings. The first-order chi connectivity index (χ1) is 13.1. The fraction of sp³-hybridized carbons (Fsp3) is 0.381. The van der Waals surface area contributed by atoms with Gasteiger partial charge in [-0.2, -0.15) is 0 Å². The number of halogens is 2. The summed E-state index contributed by atoms with van der Waals surface area (Å²) >= 11 is 0. The Kier molecular flexibility index (Phi) is 6.27. The van der Waals surface area contributed by atoms with Gasteiger partial charge in [-0.1, -0.05) is 6.07 Å². The number of hydrogen-bond donors (Lipinski definition) is 0. The van der Waals surface area contributed by atoms with Crippen LogP contribution in [-0.2, 0) is 11.2 Å². The van der Waals surface area contributed by atoms with Crippen LogP contribution in [0.5, 0.6) is 5.75 Å². The summed E-state index contributed by atoms with van der Waals surface area (Å²) in [6.07, 6.45) is 1.60. The first-order valence-electron chi connectivity index (χ1n) is 9.17. The quantitative estimate of drug-likeness (QED) is 0.801. The maximum atomic E-state index is 13.3. The van der Waals surface area contributed by atoms with E-state index in [4.69, 9.17) is 4.74 Å². The van der Waals surface area contributed by atoms with E-state index in [-0.39, 0.29) is 5.91 Å². The van der Waals surface area contributed by atoms with E-state index in [2.05, 4.69) is 4.90 Å². The summed E-state index contributed by atoms with van der Waals surface area (Å²) in [5, 5.41) is 0. The molecule has 1 heterocycles. The lowest BCUT2D eigenvalue weighted by atomic mass is 10.1. The zero-order chi connectivity index (χ0) is 19.2. The second-order valence-corrected chi connectivity index (χ2v) is 6.67. The summed E-state index contributed by atoms with van der Waals surface area (Å²) < 4.78 is 31.5. The molecule has 1 aliphatic heterocycles. The van der Waals surface area contributed by atoms with Crippen LogP contribution in [0.3, 0.4) is 0 Å². The van der Waals surface area contributed by atoms with E-state index in [1.807, 2.05) is 29.2 Å². The highest BCUT2D eigenvalue weighted by atomic mass is 19.2. The second-order valence-electron chi connectivity index (χ2n) is 6.67. The molecule has 3 rings (SSSR count). The molecule has 144 valence electrons. The molecule has 0 N–H and O–H groups in total. The first kappa shape index (κ1) is 19.1. The van der Waals surface area contributed by atoms with E-state index in [0.717, 1.165) is 43.1 Å². The Morgan fingerprint density at radius 3 is 2.48 bits per heavy atom. The molecule has 6 heteroatoms. The number of rotatable bonds is 5. The molecule has 0 unspecified atom stereocenters. The van der Waals surface area contributed by atoms with Crippen molar-refractivity contribution in [1.29, 1.82) is 0 Å². The highest BCUT2D eigenvalue weighted by Crippen LogP contribution is 2.21.